The molecule has 0 aromatic carbocycles. The smallest absolute Gasteiger partial charge is 0.376 e. The minimum Gasteiger partial charge on any atom is -0.460 e. The molecule has 0 aliphatic carbocycles. The number of hydrogen-bond acceptors (Lipinski definition) is 5. The molecule has 0 amide bonds. The van der Waals surface area contributed by atoms with Gasteiger partial charge in [-0.3, -0.25) is 0 Å². The van der Waals surface area contributed by atoms with Gasteiger partial charge in [-0.1, -0.05) is 0 Å². The highest BCUT2D eigenvalue weighted by molar-refractivity contribution is 6.02. The van der Waals surface area contributed by atoms with Gasteiger partial charge in [0.05, 0.1) is 17.7 Å². The normalized spacial score (nSPS) is 10.6. The van der Waals surface area contributed by atoms with Gasteiger partial charge in [0, 0.05) is 5.69 Å². The summed E-state index contributed by atoms with van der Waals surface area (Å²) in [5, 5.41) is 0.633. The Labute approximate surface area is 92.2 Å². The minimum atomic E-state index is -0.560. The predicted octanol–water partition coefficient (Wildman–Crippen LogP) is 1.90. The van der Waals surface area contributed by atoms with Crippen molar-refractivity contribution in [2.45, 2.75) is 13.8 Å². The Kier molecular flexibility index (Phi) is 2.52. The first kappa shape index (κ1) is 10.5. The van der Waals surface area contributed by atoms with E-state index in [1.807, 2.05) is 13.0 Å². The molecule has 2 N–H and O–H groups in total. The van der Waals surface area contributed by atoms with E-state index in [0.29, 0.717) is 11.1 Å². The fraction of sp³-hybridized carbons (Fsp3) is 0.273. The van der Waals surface area contributed by atoms with Crippen molar-refractivity contribution in [2.75, 3.05) is 12.3 Å². The molecule has 0 fully saturated rings. The zero-order valence-corrected chi connectivity index (χ0v) is 9.11. The van der Waals surface area contributed by atoms with E-state index in [0.717, 1.165) is 5.69 Å². The molecular weight excluding hydrogens is 208 g/mol. The number of fused-ring (bicyclic) bond motifs is 1. The lowest BCUT2D eigenvalue weighted by Gasteiger charge is -1.97. The van der Waals surface area contributed by atoms with Crippen LogP contribution in [0.25, 0.3) is 11.1 Å². The van der Waals surface area contributed by atoms with Gasteiger partial charge in [-0.15, -0.1) is 0 Å². The molecular formula is C11H12N2O3. The Morgan fingerprint density at radius 2 is 2.31 bits per heavy atom. The maximum Gasteiger partial charge on any atom is 0.376 e. The van der Waals surface area contributed by atoms with E-state index in [-0.39, 0.29) is 18.1 Å². The van der Waals surface area contributed by atoms with E-state index >= 15 is 0 Å². The molecule has 5 heteroatoms. The van der Waals surface area contributed by atoms with E-state index in [4.69, 9.17) is 14.9 Å². The molecule has 0 saturated heterocycles. The van der Waals surface area contributed by atoms with Crippen molar-refractivity contribution in [1.29, 1.82) is 0 Å². The molecule has 84 valence electrons. The second-order valence-electron chi connectivity index (χ2n) is 3.37. The van der Waals surface area contributed by atoms with Gasteiger partial charge < -0.3 is 14.9 Å². The zero-order chi connectivity index (χ0) is 11.7. The molecule has 0 unspecified atom stereocenters. The molecule has 2 rings (SSSR count). The van der Waals surface area contributed by atoms with Crippen molar-refractivity contribution < 1.29 is 13.9 Å². The molecule has 2 aromatic heterocycles. The highest BCUT2D eigenvalue weighted by Crippen LogP contribution is 2.27. The number of nitrogens with zero attached hydrogens (tertiary/aromatic N) is 1. The summed E-state index contributed by atoms with van der Waals surface area (Å²) in [5.41, 5.74) is 7.23. The first-order valence-electron chi connectivity index (χ1n) is 4.96. The minimum absolute atomic E-state index is 0.0231. The van der Waals surface area contributed by atoms with Crippen LogP contribution in [-0.4, -0.2) is 17.6 Å². The van der Waals surface area contributed by atoms with Crippen LogP contribution in [0.15, 0.2) is 16.5 Å². The Morgan fingerprint density at radius 3 is 3.00 bits per heavy atom. The maximum atomic E-state index is 11.5. The second kappa shape index (κ2) is 3.84. The van der Waals surface area contributed by atoms with E-state index in [1.165, 1.54) is 0 Å². The van der Waals surface area contributed by atoms with Crippen LogP contribution < -0.4 is 5.73 Å². The first-order chi connectivity index (χ1) is 7.63. The molecule has 0 atom stereocenters. The summed E-state index contributed by atoms with van der Waals surface area (Å²) >= 11 is 0. The van der Waals surface area contributed by atoms with E-state index in [9.17, 15) is 4.79 Å². The summed E-state index contributed by atoms with van der Waals surface area (Å²) in [6.07, 6.45) is 0. The Morgan fingerprint density at radius 1 is 1.56 bits per heavy atom. The van der Waals surface area contributed by atoms with Crippen LogP contribution in [0.2, 0.25) is 0 Å². The zero-order valence-electron chi connectivity index (χ0n) is 9.11. The van der Waals surface area contributed by atoms with Gasteiger partial charge >= 0.3 is 5.97 Å². The Bertz CT molecular complexity index is 545. The fourth-order valence-electron chi connectivity index (χ4n) is 1.44. The van der Waals surface area contributed by atoms with Gasteiger partial charge in [0.2, 0.25) is 11.5 Å². The molecule has 0 aliphatic heterocycles. The number of rotatable bonds is 2. The van der Waals surface area contributed by atoms with E-state index in [1.54, 1.807) is 13.0 Å². The fourth-order valence-corrected chi connectivity index (χ4v) is 1.44. The number of nitrogens with two attached hydrogens (primary N) is 1. The van der Waals surface area contributed by atoms with Crippen molar-refractivity contribution >= 4 is 22.8 Å². The van der Waals surface area contributed by atoms with Gasteiger partial charge in [-0.2, -0.15) is 0 Å². The van der Waals surface area contributed by atoms with Crippen LogP contribution in [0.4, 0.5) is 5.69 Å². The summed E-state index contributed by atoms with van der Waals surface area (Å²) < 4.78 is 10.1. The molecule has 0 aliphatic rings. The lowest BCUT2D eigenvalue weighted by atomic mass is 10.2. The van der Waals surface area contributed by atoms with Crippen molar-refractivity contribution in [2.24, 2.45) is 0 Å². The van der Waals surface area contributed by atoms with Crippen molar-refractivity contribution in [3.8, 4) is 0 Å². The van der Waals surface area contributed by atoms with Gasteiger partial charge in [0.25, 0.3) is 0 Å². The van der Waals surface area contributed by atoms with Crippen LogP contribution in [0.5, 0.6) is 0 Å². The number of ether oxygens (including phenoxy) is 1. The summed E-state index contributed by atoms with van der Waals surface area (Å²) in [6.45, 7) is 3.84. The van der Waals surface area contributed by atoms with Crippen LogP contribution >= 0.6 is 0 Å². The summed E-state index contributed by atoms with van der Waals surface area (Å²) in [6, 6.07) is 3.59. The first-order valence-corrected chi connectivity index (χ1v) is 4.96. The Hall–Kier alpha value is -2.04. The molecule has 5 nitrogen and oxygen atoms in total. The predicted molar refractivity (Wildman–Crippen MR) is 59.1 cm³/mol. The highest BCUT2D eigenvalue weighted by Gasteiger charge is 2.20. The van der Waals surface area contributed by atoms with Crippen LogP contribution in [0.3, 0.4) is 0 Å². The van der Waals surface area contributed by atoms with Crippen LogP contribution in [0, 0.1) is 6.92 Å². The topological polar surface area (TPSA) is 78.3 Å². The summed E-state index contributed by atoms with van der Waals surface area (Å²) in [7, 11) is 0. The number of anilines is 1. The third-order valence-electron chi connectivity index (χ3n) is 2.19. The number of esters is 1. The number of pyridine rings is 1. The molecule has 16 heavy (non-hydrogen) atoms. The number of hydrogen-bond donors (Lipinski definition) is 1. The summed E-state index contributed by atoms with van der Waals surface area (Å²) in [5.74, 6) is -0.536. The number of nitrogen functional groups attached to an aromatic ring is 1. The lowest BCUT2D eigenvalue weighted by Crippen LogP contribution is -2.05. The Balaban J connectivity index is 2.55. The van der Waals surface area contributed by atoms with Gasteiger partial charge in [0.1, 0.15) is 0 Å². The van der Waals surface area contributed by atoms with Crippen molar-refractivity contribution in [1.82, 2.24) is 4.98 Å². The average molecular weight is 220 g/mol. The van der Waals surface area contributed by atoms with Gasteiger partial charge in [-0.05, 0) is 26.0 Å². The van der Waals surface area contributed by atoms with Crippen molar-refractivity contribution in [3.05, 3.63) is 23.6 Å². The molecule has 0 saturated carbocycles. The molecule has 0 radical (unpaired) electrons. The molecule has 2 heterocycles. The standard InChI is InChI=1S/C11H12N2O3/c1-3-15-11(14)9-8(12)7-5-4-6(2)13-10(7)16-9/h4-5H,3,12H2,1-2H3. The number of carbonyl (C=O) groups excluding carboxylic acids is 1. The maximum absolute atomic E-state index is 11.5. The second-order valence-corrected chi connectivity index (χ2v) is 3.37. The third kappa shape index (κ3) is 1.60. The van der Waals surface area contributed by atoms with E-state index < -0.39 is 5.97 Å². The molecule has 0 spiro atoms. The lowest BCUT2D eigenvalue weighted by molar-refractivity contribution is 0.0494. The van der Waals surface area contributed by atoms with Crippen LogP contribution in [0.1, 0.15) is 23.2 Å². The number of carbonyl (C=O) groups is 1. The van der Waals surface area contributed by atoms with Gasteiger partial charge in [-0.25, -0.2) is 9.78 Å². The molecule has 2 aromatic rings. The van der Waals surface area contributed by atoms with Gasteiger partial charge in [0.15, 0.2) is 0 Å². The molecule has 0 bridgehead atoms. The third-order valence-corrected chi connectivity index (χ3v) is 2.19. The quantitative estimate of drug-likeness (QED) is 0.782. The van der Waals surface area contributed by atoms with Crippen molar-refractivity contribution in [3.63, 3.8) is 0 Å². The number of aryl methyl sites for hydroxylation is 1. The monoisotopic (exact) mass is 220 g/mol. The largest absolute Gasteiger partial charge is 0.460 e. The van der Waals surface area contributed by atoms with E-state index in [2.05, 4.69) is 4.98 Å². The highest BCUT2D eigenvalue weighted by atomic mass is 16.5. The number of furan rings is 1. The van der Waals surface area contributed by atoms with Crippen LogP contribution in [-0.2, 0) is 4.74 Å². The SMILES string of the molecule is CCOC(=O)c1oc2nc(C)ccc2c1N. The number of aromatic nitrogens is 1. The average Bonchev–Trinajstić information content (AvgIpc) is 2.56. The summed E-state index contributed by atoms with van der Waals surface area (Å²) in [4.78, 5) is 15.6.